The first kappa shape index (κ1) is 20.6. The van der Waals surface area contributed by atoms with E-state index in [4.69, 9.17) is 14.7 Å². The van der Waals surface area contributed by atoms with Crippen molar-refractivity contribution in [1.82, 2.24) is 25.2 Å². The molecule has 2 saturated heterocycles. The number of H-pyrrole nitrogens is 1. The van der Waals surface area contributed by atoms with E-state index < -0.39 is 0 Å². The van der Waals surface area contributed by atoms with Crippen LogP contribution in [-0.2, 0) is 22.6 Å². The van der Waals surface area contributed by atoms with Gasteiger partial charge < -0.3 is 24.8 Å². The second-order valence-corrected chi connectivity index (χ2v) is 9.38. The number of nitrogens with zero attached hydrogens (tertiary/aromatic N) is 4. The van der Waals surface area contributed by atoms with E-state index >= 15 is 0 Å². The summed E-state index contributed by atoms with van der Waals surface area (Å²) >= 11 is 0. The van der Waals surface area contributed by atoms with E-state index in [1.165, 1.54) is 0 Å². The zero-order valence-electron chi connectivity index (χ0n) is 19.0. The van der Waals surface area contributed by atoms with Crippen LogP contribution < -0.4 is 10.2 Å². The average Bonchev–Trinajstić information content (AvgIpc) is 3.48. The van der Waals surface area contributed by atoms with Crippen molar-refractivity contribution < 1.29 is 9.53 Å². The highest BCUT2D eigenvalue weighted by Gasteiger charge is 2.35. The van der Waals surface area contributed by atoms with Gasteiger partial charge in [0.15, 0.2) is 5.82 Å². The molecule has 0 unspecified atom stereocenters. The number of rotatable bonds is 3. The number of piperidine rings is 1. The molecule has 8 nitrogen and oxygen atoms in total. The summed E-state index contributed by atoms with van der Waals surface area (Å²) in [7, 11) is 0. The lowest BCUT2D eigenvalue weighted by molar-refractivity contribution is -0.137. The number of hydrogen-bond donors (Lipinski definition) is 2. The van der Waals surface area contributed by atoms with Crippen LogP contribution >= 0.6 is 0 Å². The molecule has 3 aromatic rings. The minimum atomic E-state index is 0.104. The summed E-state index contributed by atoms with van der Waals surface area (Å²) < 4.78 is 5.69. The van der Waals surface area contributed by atoms with Crippen molar-refractivity contribution in [2.24, 2.45) is 5.92 Å². The fourth-order valence-corrected chi connectivity index (χ4v) is 5.38. The molecule has 3 aliphatic heterocycles. The Hall–Kier alpha value is -2.97. The summed E-state index contributed by atoms with van der Waals surface area (Å²) in [6, 6.07) is 8.45. The second-order valence-electron chi connectivity index (χ2n) is 9.38. The lowest BCUT2D eigenvalue weighted by Gasteiger charge is -2.35. The number of carbonyl (C=O) groups excluding carboxylic acids is 1. The summed E-state index contributed by atoms with van der Waals surface area (Å²) in [6.07, 6.45) is 3.81. The lowest BCUT2D eigenvalue weighted by atomic mass is 9.97. The smallest absolute Gasteiger partial charge is 0.226 e. The Labute approximate surface area is 193 Å². The van der Waals surface area contributed by atoms with E-state index in [0.717, 1.165) is 71.8 Å². The number of amides is 1. The molecule has 5 heterocycles. The molecule has 0 aliphatic carbocycles. The van der Waals surface area contributed by atoms with Gasteiger partial charge >= 0.3 is 0 Å². The number of aromatic amines is 1. The van der Waals surface area contributed by atoms with Gasteiger partial charge in [0, 0.05) is 40.7 Å². The zero-order chi connectivity index (χ0) is 22.4. The van der Waals surface area contributed by atoms with Gasteiger partial charge in [0.2, 0.25) is 5.91 Å². The minimum absolute atomic E-state index is 0.104. The third kappa shape index (κ3) is 3.67. The number of nitrogens with one attached hydrogen (secondary N) is 2. The predicted octanol–water partition coefficient (Wildman–Crippen LogP) is 2.69. The topological polar surface area (TPSA) is 86.4 Å². The molecule has 3 aliphatic rings. The molecule has 2 N–H and O–H groups in total. The number of anilines is 1. The first-order valence-corrected chi connectivity index (χ1v) is 12.0. The molecule has 2 aromatic heterocycles. The fourth-order valence-electron chi connectivity index (χ4n) is 5.38. The molecule has 0 bridgehead atoms. The van der Waals surface area contributed by atoms with Crippen molar-refractivity contribution in [3.8, 4) is 11.4 Å². The molecule has 0 spiro atoms. The molecule has 1 aromatic carbocycles. The number of hydrogen-bond acceptors (Lipinski definition) is 6. The normalized spacial score (nSPS) is 21.5. The Kier molecular flexibility index (Phi) is 5.27. The van der Waals surface area contributed by atoms with Crippen LogP contribution in [0.5, 0.6) is 0 Å². The van der Waals surface area contributed by atoms with Crippen molar-refractivity contribution in [3.63, 3.8) is 0 Å². The largest absolute Gasteiger partial charge is 0.377 e. The maximum absolute atomic E-state index is 13.3. The number of fused-ring (bicyclic) bond motifs is 2. The molecular weight excluding hydrogens is 416 g/mol. The SMILES string of the molecule is C[C@@H]1COCCN1c1nc(-c2c[nH]c3ccccc23)nc2c1CN(C(=O)C1CCNCC1)C2. The van der Waals surface area contributed by atoms with Crippen LogP contribution in [0.3, 0.4) is 0 Å². The first-order chi connectivity index (χ1) is 16.2. The summed E-state index contributed by atoms with van der Waals surface area (Å²) in [5, 5.41) is 4.47. The number of morpholine rings is 1. The molecule has 0 radical (unpaired) electrons. The van der Waals surface area contributed by atoms with Gasteiger partial charge in [-0.25, -0.2) is 9.97 Å². The molecule has 1 amide bonds. The second kappa shape index (κ2) is 8.43. The molecule has 6 rings (SSSR count). The van der Waals surface area contributed by atoms with Crippen LogP contribution in [0.25, 0.3) is 22.3 Å². The van der Waals surface area contributed by atoms with E-state index in [9.17, 15) is 4.79 Å². The van der Waals surface area contributed by atoms with Crippen molar-refractivity contribution in [2.45, 2.75) is 38.9 Å². The highest BCUT2D eigenvalue weighted by molar-refractivity contribution is 5.94. The number of carbonyl (C=O) groups is 1. The van der Waals surface area contributed by atoms with Gasteiger partial charge in [0.1, 0.15) is 5.82 Å². The van der Waals surface area contributed by atoms with Crippen LogP contribution in [0.4, 0.5) is 5.82 Å². The molecule has 0 saturated carbocycles. The van der Waals surface area contributed by atoms with Crippen LogP contribution in [0.15, 0.2) is 30.5 Å². The van der Waals surface area contributed by atoms with E-state index in [2.05, 4.69) is 34.3 Å². The summed E-state index contributed by atoms with van der Waals surface area (Å²) in [6.45, 7) is 7.30. The Morgan fingerprint density at radius 1 is 1.15 bits per heavy atom. The predicted molar refractivity (Wildman–Crippen MR) is 127 cm³/mol. The fraction of sp³-hybridized carbons (Fsp3) is 0.480. The van der Waals surface area contributed by atoms with Crippen LogP contribution in [0.1, 0.15) is 31.0 Å². The number of ether oxygens (including phenoxy) is 1. The molecule has 2 fully saturated rings. The number of aromatic nitrogens is 3. The highest BCUT2D eigenvalue weighted by atomic mass is 16.5. The van der Waals surface area contributed by atoms with Crippen molar-refractivity contribution in [3.05, 3.63) is 41.7 Å². The van der Waals surface area contributed by atoms with E-state index in [1.807, 2.05) is 23.2 Å². The van der Waals surface area contributed by atoms with Gasteiger partial charge in [-0.15, -0.1) is 0 Å². The van der Waals surface area contributed by atoms with Crippen LogP contribution in [0.2, 0.25) is 0 Å². The van der Waals surface area contributed by atoms with E-state index in [0.29, 0.717) is 26.3 Å². The molecule has 8 heteroatoms. The standard InChI is InChI=1S/C25H30N6O2/c1-16-15-33-11-10-31(16)24-20-13-30(25(32)17-6-8-26-9-7-17)14-22(20)28-23(29-24)19-12-27-21-5-3-2-4-18(19)21/h2-5,12,16-17,26-27H,6-11,13-15H2,1H3/t16-/m1/s1. The Balaban J connectivity index is 1.41. The van der Waals surface area contributed by atoms with Crippen molar-refractivity contribution >= 4 is 22.6 Å². The van der Waals surface area contributed by atoms with Crippen molar-refractivity contribution in [2.75, 3.05) is 37.7 Å². The maximum atomic E-state index is 13.3. The van der Waals surface area contributed by atoms with E-state index in [-0.39, 0.29) is 17.9 Å². The minimum Gasteiger partial charge on any atom is -0.377 e. The van der Waals surface area contributed by atoms with Gasteiger partial charge in [-0.2, -0.15) is 0 Å². The monoisotopic (exact) mass is 446 g/mol. The lowest BCUT2D eigenvalue weighted by Crippen LogP contribution is -2.44. The number of benzene rings is 1. The van der Waals surface area contributed by atoms with Gasteiger partial charge in [-0.1, -0.05) is 18.2 Å². The number of para-hydroxylation sites is 1. The Morgan fingerprint density at radius 3 is 2.85 bits per heavy atom. The third-order valence-corrected chi connectivity index (χ3v) is 7.23. The van der Waals surface area contributed by atoms with Crippen molar-refractivity contribution in [1.29, 1.82) is 0 Å². The summed E-state index contributed by atoms with van der Waals surface area (Å²) in [4.78, 5) is 31.1. The molecule has 1 atom stereocenters. The Bertz CT molecular complexity index is 1180. The quantitative estimate of drug-likeness (QED) is 0.643. The third-order valence-electron chi connectivity index (χ3n) is 7.23. The van der Waals surface area contributed by atoms with Crippen LogP contribution in [0, 0.1) is 5.92 Å². The summed E-state index contributed by atoms with van der Waals surface area (Å²) in [5.74, 6) is 2.03. The molecular formula is C25H30N6O2. The zero-order valence-corrected chi connectivity index (χ0v) is 19.0. The highest BCUT2D eigenvalue weighted by Crippen LogP contribution is 2.36. The maximum Gasteiger partial charge on any atom is 0.226 e. The van der Waals surface area contributed by atoms with Crippen LogP contribution in [-0.4, -0.2) is 64.6 Å². The Morgan fingerprint density at radius 2 is 2.00 bits per heavy atom. The van der Waals surface area contributed by atoms with E-state index in [1.54, 1.807) is 0 Å². The van der Waals surface area contributed by atoms with Gasteiger partial charge in [0.25, 0.3) is 0 Å². The van der Waals surface area contributed by atoms with Gasteiger partial charge in [-0.3, -0.25) is 4.79 Å². The first-order valence-electron chi connectivity index (χ1n) is 12.0. The van der Waals surface area contributed by atoms with Gasteiger partial charge in [0.05, 0.1) is 38.0 Å². The molecule has 172 valence electrons. The average molecular weight is 447 g/mol. The summed E-state index contributed by atoms with van der Waals surface area (Å²) in [5.41, 5.74) is 4.13. The molecule has 33 heavy (non-hydrogen) atoms. The van der Waals surface area contributed by atoms with Gasteiger partial charge in [-0.05, 0) is 38.9 Å².